The van der Waals surface area contributed by atoms with Crippen LogP contribution in [0.5, 0.6) is 0 Å². The van der Waals surface area contributed by atoms with E-state index < -0.39 is 0 Å². The minimum absolute atomic E-state index is 0.00915. The Balaban J connectivity index is 1.43. The van der Waals surface area contributed by atoms with E-state index in [1.807, 2.05) is 55.6 Å². The van der Waals surface area contributed by atoms with Gasteiger partial charge in [-0.2, -0.15) is 4.80 Å². The first-order valence-corrected chi connectivity index (χ1v) is 10.5. The molecule has 1 aromatic carbocycles. The van der Waals surface area contributed by atoms with Crippen molar-refractivity contribution in [2.45, 2.75) is 33.4 Å². The van der Waals surface area contributed by atoms with E-state index in [4.69, 9.17) is 4.42 Å². The Morgan fingerprint density at radius 1 is 1.17 bits per heavy atom. The highest BCUT2D eigenvalue weighted by atomic mass is 32.1. The molecule has 3 aromatic heterocycles. The smallest absolute Gasteiger partial charge is 0.257 e. The molecule has 30 heavy (non-hydrogen) atoms. The zero-order valence-electron chi connectivity index (χ0n) is 16.7. The normalized spacial score (nSPS) is 11.0. The first-order chi connectivity index (χ1) is 14.6. The lowest BCUT2D eigenvalue weighted by Crippen LogP contribution is -2.34. The van der Waals surface area contributed by atoms with E-state index in [9.17, 15) is 4.79 Å². The number of rotatable bonds is 8. The Bertz CT molecular complexity index is 1100. The molecule has 0 saturated heterocycles. The molecule has 9 nitrogen and oxygen atoms in total. The van der Waals surface area contributed by atoms with Crippen LogP contribution in [0, 0.1) is 6.92 Å². The quantitative estimate of drug-likeness (QED) is 0.429. The van der Waals surface area contributed by atoms with E-state index in [1.54, 1.807) is 4.90 Å². The lowest BCUT2D eigenvalue weighted by atomic mass is 10.1. The van der Waals surface area contributed by atoms with E-state index in [-0.39, 0.29) is 19.0 Å². The summed E-state index contributed by atoms with van der Waals surface area (Å²) in [5, 5.41) is 22.5. The molecule has 0 aliphatic heterocycles. The number of thiophene rings is 1. The second-order valence-corrected chi connectivity index (χ2v) is 7.75. The van der Waals surface area contributed by atoms with Crippen LogP contribution in [0.1, 0.15) is 24.8 Å². The summed E-state index contributed by atoms with van der Waals surface area (Å²) in [6.07, 6.45) is 0.803. The molecule has 0 spiro atoms. The van der Waals surface area contributed by atoms with Crippen LogP contribution >= 0.6 is 11.3 Å². The van der Waals surface area contributed by atoms with Crippen LogP contribution in [0.2, 0.25) is 0 Å². The Hall–Kier alpha value is -3.40. The molecule has 4 rings (SSSR count). The molecule has 1 amide bonds. The lowest BCUT2D eigenvalue weighted by molar-refractivity contribution is -0.133. The van der Waals surface area contributed by atoms with Crippen LogP contribution in [0.4, 0.5) is 0 Å². The average molecular weight is 424 g/mol. The highest BCUT2D eigenvalue weighted by Crippen LogP contribution is 2.23. The molecule has 0 aliphatic carbocycles. The Morgan fingerprint density at radius 3 is 2.73 bits per heavy atom. The van der Waals surface area contributed by atoms with Gasteiger partial charge in [0.1, 0.15) is 6.54 Å². The van der Waals surface area contributed by atoms with Gasteiger partial charge >= 0.3 is 0 Å². The zero-order valence-corrected chi connectivity index (χ0v) is 17.5. The summed E-state index contributed by atoms with van der Waals surface area (Å²) in [5.41, 5.74) is 2.01. The monoisotopic (exact) mass is 423 g/mol. The van der Waals surface area contributed by atoms with Gasteiger partial charge in [0, 0.05) is 12.1 Å². The number of hydrogen-bond donors (Lipinski definition) is 0. The Morgan fingerprint density at radius 2 is 2.00 bits per heavy atom. The van der Waals surface area contributed by atoms with E-state index in [1.165, 1.54) is 16.1 Å². The van der Waals surface area contributed by atoms with Gasteiger partial charge < -0.3 is 9.32 Å². The number of carbonyl (C=O) groups excluding carboxylic acids is 1. The number of amides is 1. The van der Waals surface area contributed by atoms with Crippen molar-refractivity contribution >= 4 is 17.2 Å². The molecule has 0 bridgehead atoms. The zero-order chi connectivity index (χ0) is 20.9. The number of nitrogens with zero attached hydrogens (tertiary/aromatic N) is 7. The maximum Gasteiger partial charge on any atom is 0.257 e. The van der Waals surface area contributed by atoms with E-state index >= 15 is 0 Å². The predicted molar refractivity (Wildman–Crippen MR) is 111 cm³/mol. The van der Waals surface area contributed by atoms with Crippen LogP contribution in [0.3, 0.4) is 0 Å². The summed E-state index contributed by atoms with van der Waals surface area (Å²) < 4.78 is 5.72. The minimum Gasteiger partial charge on any atom is -0.418 e. The molecule has 4 aromatic rings. The van der Waals surface area contributed by atoms with E-state index in [0.29, 0.717) is 24.2 Å². The van der Waals surface area contributed by atoms with Crippen molar-refractivity contribution in [3.8, 4) is 22.2 Å². The summed E-state index contributed by atoms with van der Waals surface area (Å²) in [4.78, 5) is 16.7. The third-order valence-corrected chi connectivity index (χ3v) is 5.27. The van der Waals surface area contributed by atoms with Crippen molar-refractivity contribution in [3.63, 3.8) is 0 Å². The highest BCUT2D eigenvalue weighted by molar-refractivity contribution is 7.13. The van der Waals surface area contributed by atoms with Crippen molar-refractivity contribution in [3.05, 3.63) is 53.2 Å². The fraction of sp³-hybridized carbons (Fsp3) is 0.300. The average Bonchev–Trinajstić information content (AvgIpc) is 3.50. The van der Waals surface area contributed by atoms with Gasteiger partial charge in [-0.05, 0) is 30.0 Å². The fourth-order valence-corrected chi connectivity index (χ4v) is 3.54. The SMILES string of the molecule is CCCN(Cc1nnc(-c2cccs2)o1)C(=O)Cn1nnc(-c2ccc(C)cc2)n1. The first-order valence-electron chi connectivity index (χ1n) is 9.61. The van der Waals surface area contributed by atoms with Crippen LogP contribution < -0.4 is 0 Å². The van der Waals surface area contributed by atoms with Crippen molar-refractivity contribution < 1.29 is 9.21 Å². The third-order valence-electron chi connectivity index (χ3n) is 4.41. The number of benzene rings is 1. The molecule has 0 radical (unpaired) electrons. The number of carbonyl (C=O) groups is 1. The second kappa shape index (κ2) is 8.95. The molecule has 0 unspecified atom stereocenters. The van der Waals surface area contributed by atoms with Crippen molar-refractivity contribution in [2.75, 3.05) is 6.54 Å². The molecular weight excluding hydrogens is 402 g/mol. The van der Waals surface area contributed by atoms with Gasteiger partial charge in [0.05, 0.1) is 11.4 Å². The summed E-state index contributed by atoms with van der Waals surface area (Å²) in [6.45, 7) is 4.82. The van der Waals surface area contributed by atoms with Crippen LogP contribution in [0.25, 0.3) is 22.2 Å². The Kier molecular flexibility index (Phi) is 5.94. The molecule has 0 saturated carbocycles. The molecule has 10 heteroatoms. The first kappa shape index (κ1) is 19.9. The van der Waals surface area contributed by atoms with Gasteiger partial charge in [0.25, 0.3) is 5.89 Å². The summed E-state index contributed by atoms with van der Waals surface area (Å²) in [6, 6.07) is 11.7. The second-order valence-electron chi connectivity index (χ2n) is 6.80. The maximum absolute atomic E-state index is 12.8. The molecule has 0 aliphatic rings. The standard InChI is InChI=1S/C20H21N7O2S/c1-3-10-26(12-17-21-23-20(29-17)16-5-4-11-30-16)18(28)13-27-24-19(22-25-27)15-8-6-14(2)7-9-15/h4-9,11H,3,10,12-13H2,1-2H3. The summed E-state index contributed by atoms with van der Waals surface area (Å²) in [7, 11) is 0. The van der Waals surface area contributed by atoms with Gasteiger partial charge in [-0.3, -0.25) is 4.79 Å². The van der Waals surface area contributed by atoms with Crippen LogP contribution in [-0.2, 0) is 17.9 Å². The van der Waals surface area contributed by atoms with Gasteiger partial charge in [-0.25, -0.2) is 0 Å². The van der Waals surface area contributed by atoms with Gasteiger partial charge in [-0.15, -0.1) is 31.7 Å². The number of aryl methyl sites for hydroxylation is 1. The number of aromatic nitrogens is 6. The molecule has 0 fully saturated rings. The van der Waals surface area contributed by atoms with Crippen molar-refractivity contribution in [2.24, 2.45) is 0 Å². The fourth-order valence-electron chi connectivity index (χ4n) is 2.89. The molecular formula is C20H21N7O2S. The Labute approximate surface area is 177 Å². The molecule has 0 N–H and O–H groups in total. The topological polar surface area (TPSA) is 103 Å². The van der Waals surface area contributed by atoms with Gasteiger partial charge in [0.15, 0.2) is 0 Å². The van der Waals surface area contributed by atoms with Crippen LogP contribution in [0.15, 0.2) is 46.2 Å². The van der Waals surface area contributed by atoms with Gasteiger partial charge in [-0.1, -0.05) is 42.8 Å². The van der Waals surface area contributed by atoms with Crippen molar-refractivity contribution in [1.82, 2.24) is 35.3 Å². The van der Waals surface area contributed by atoms with Gasteiger partial charge in [0.2, 0.25) is 17.6 Å². The summed E-state index contributed by atoms with van der Waals surface area (Å²) in [5.74, 6) is 1.21. The van der Waals surface area contributed by atoms with E-state index in [0.717, 1.165) is 22.4 Å². The molecule has 154 valence electrons. The lowest BCUT2D eigenvalue weighted by Gasteiger charge is -2.19. The number of hydrogen-bond acceptors (Lipinski definition) is 8. The van der Waals surface area contributed by atoms with Crippen molar-refractivity contribution in [1.29, 1.82) is 0 Å². The number of tetrazole rings is 1. The maximum atomic E-state index is 12.8. The minimum atomic E-state index is -0.138. The third kappa shape index (κ3) is 4.60. The predicted octanol–water partition coefficient (Wildman–Crippen LogP) is 3.20. The largest absolute Gasteiger partial charge is 0.418 e. The van der Waals surface area contributed by atoms with E-state index in [2.05, 4.69) is 25.6 Å². The molecule has 3 heterocycles. The highest BCUT2D eigenvalue weighted by Gasteiger charge is 2.19. The molecule has 0 atom stereocenters. The summed E-state index contributed by atoms with van der Waals surface area (Å²) >= 11 is 1.52. The van der Waals surface area contributed by atoms with Crippen LogP contribution in [-0.4, -0.2) is 47.8 Å².